The van der Waals surface area contributed by atoms with Crippen LogP contribution >= 0.6 is 0 Å². The number of nitrogens with zero attached hydrogens (tertiary/aromatic N) is 4. The SMILES string of the molecule is c1ccc(-c2cc(-c3cc(-n4c5cc6ccccc6cc5c5ccc6ccccc6c54)c4c(c3)oc3ccccc34)nc(-n3c4ccccc4c4ccccc43)n2)cc1. The van der Waals surface area contributed by atoms with Crippen molar-refractivity contribution in [3.8, 4) is 34.2 Å². The molecule has 0 aliphatic rings. The van der Waals surface area contributed by atoms with Gasteiger partial charge in [0.1, 0.15) is 11.2 Å². The molecule has 0 saturated carbocycles. The molecule has 0 saturated heterocycles. The minimum atomic E-state index is 0.610. The molecule has 13 aromatic rings. The van der Waals surface area contributed by atoms with Crippen LogP contribution in [0.25, 0.3) is 121 Å². The summed E-state index contributed by atoms with van der Waals surface area (Å²) < 4.78 is 11.5. The summed E-state index contributed by atoms with van der Waals surface area (Å²) in [6.07, 6.45) is 0. The topological polar surface area (TPSA) is 48.8 Å². The van der Waals surface area contributed by atoms with Crippen molar-refractivity contribution in [3.63, 3.8) is 0 Å². The molecule has 0 aliphatic carbocycles. The minimum Gasteiger partial charge on any atom is -0.456 e. The highest BCUT2D eigenvalue weighted by Gasteiger charge is 2.23. The smallest absolute Gasteiger partial charge is 0.235 e. The Morgan fingerprint density at radius 2 is 0.966 bits per heavy atom. The van der Waals surface area contributed by atoms with E-state index < -0.39 is 0 Å². The quantitative estimate of drug-likeness (QED) is 0.180. The Labute approximate surface area is 337 Å². The second-order valence-electron chi connectivity index (χ2n) is 15.4. The lowest BCUT2D eigenvalue weighted by Gasteiger charge is -2.15. The van der Waals surface area contributed by atoms with E-state index in [2.05, 4.69) is 191 Å². The van der Waals surface area contributed by atoms with E-state index in [4.69, 9.17) is 14.4 Å². The number of rotatable bonds is 4. The molecule has 5 nitrogen and oxygen atoms in total. The number of hydrogen-bond acceptors (Lipinski definition) is 3. The summed E-state index contributed by atoms with van der Waals surface area (Å²) in [6.45, 7) is 0. The van der Waals surface area contributed by atoms with Crippen LogP contribution in [-0.2, 0) is 0 Å². The number of fused-ring (bicyclic) bond motifs is 12. The predicted octanol–water partition coefficient (Wildman–Crippen LogP) is 14.2. The zero-order valence-corrected chi connectivity index (χ0v) is 31.7. The average Bonchev–Trinajstić information content (AvgIpc) is 3.96. The molecule has 0 fully saturated rings. The second kappa shape index (κ2) is 12.2. The average molecular weight is 753 g/mol. The van der Waals surface area contributed by atoms with Crippen LogP contribution in [0.1, 0.15) is 0 Å². The van der Waals surface area contributed by atoms with Gasteiger partial charge in [-0.15, -0.1) is 0 Å². The fourth-order valence-corrected chi connectivity index (χ4v) is 9.45. The maximum absolute atomic E-state index is 6.81. The first-order valence-corrected chi connectivity index (χ1v) is 20.0. The van der Waals surface area contributed by atoms with Crippen LogP contribution in [0.2, 0.25) is 0 Å². The van der Waals surface area contributed by atoms with Crippen molar-refractivity contribution in [3.05, 3.63) is 194 Å². The zero-order chi connectivity index (χ0) is 38.6. The van der Waals surface area contributed by atoms with E-state index >= 15 is 0 Å². The lowest BCUT2D eigenvalue weighted by molar-refractivity contribution is 0.669. The Morgan fingerprint density at radius 1 is 0.356 bits per heavy atom. The van der Waals surface area contributed by atoms with E-state index in [0.717, 1.165) is 83.0 Å². The molecule has 5 heteroatoms. The van der Waals surface area contributed by atoms with Gasteiger partial charge in [0.15, 0.2) is 0 Å². The molecule has 9 aromatic carbocycles. The second-order valence-corrected chi connectivity index (χ2v) is 15.4. The van der Waals surface area contributed by atoms with Gasteiger partial charge in [0.2, 0.25) is 5.95 Å². The summed E-state index contributed by atoms with van der Waals surface area (Å²) in [6, 6.07) is 69.0. The number of aromatic nitrogens is 4. The van der Waals surface area contributed by atoms with Crippen molar-refractivity contribution < 1.29 is 4.42 Å². The molecule has 0 amide bonds. The molecule has 13 rings (SSSR count). The van der Waals surface area contributed by atoms with Crippen LogP contribution in [0.4, 0.5) is 0 Å². The fourth-order valence-electron chi connectivity index (χ4n) is 9.45. The molecule has 59 heavy (non-hydrogen) atoms. The van der Waals surface area contributed by atoms with E-state index in [0.29, 0.717) is 5.95 Å². The van der Waals surface area contributed by atoms with Crippen LogP contribution in [0.3, 0.4) is 0 Å². The van der Waals surface area contributed by atoms with Gasteiger partial charge in [-0.05, 0) is 64.7 Å². The summed E-state index contributed by atoms with van der Waals surface area (Å²) in [5.41, 5.74) is 10.7. The number of furan rings is 1. The molecule has 0 spiro atoms. The molecule has 0 unspecified atom stereocenters. The molecule has 4 aromatic heterocycles. The summed E-state index contributed by atoms with van der Waals surface area (Å²) in [5.74, 6) is 0.610. The van der Waals surface area contributed by atoms with Crippen LogP contribution in [0, 0.1) is 0 Å². The molecule has 274 valence electrons. The van der Waals surface area contributed by atoms with Crippen molar-refractivity contribution in [1.82, 2.24) is 19.1 Å². The van der Waals surface area contributed by atoms with Gasteiger partial charge in [0.25, 0.3) is 0 Å². The van der Waals surface area contributed by atoms with Gasteiger partial charge in [-0.2, -0.15) is 0 Å². The van der Waals surface area contributed by atoms with Gasteiger partial charge in [0, 0.05) is 43.4 Å². The summed E-state index contributed by atoms with van der Waals surface area (Å²) in [5, 5.41) is 11.7. The van der Waals surface area contributed by atoms with E-state index in [9.17, 15) is 0 Å². The monoisotopic (exact) mass is 752 g/mol. The third-order valence-corrected chi connectivity index (χ3v) is 12.1. The van der Waals surface area contributed by atoms with E-state index in [1.165, 1.54) is 32.3 Å². The maximum atomic E-state index is 6.81. The van der Waals surface area contributed by atoms with Gasteiger partial charge < -0.3 is 8.98 Å². The molecular weight excluding hydrogens is 721 g/mol. The largest absolute Gasteiger partial charge is 0.456 e. The molecule has 4 heterocycles. The van der Waals surface area contributed by atoms with Crippen molar-refractivity contribution in [1.29, 1.82) is 0 Å². The van der Waals surface area contributed by atoms with Crippen LogP contribution < -0.4 is 0 Å². The van der Waals surface area contributed by atoms with Gasteiger partial charge in [-0.25, -0.2) is 9.97 Å². The van der Waals surface area contributed by atoms with Crippen molar-refractivity contribution in [2.24, 2.45) is 0 Å². The van der Waals surface area contributed by atoms with Crippen LogP contribution in [0.5, 0.6) is 0 Å². The third kappa shape index (κ3) is 4.73. The van der Waals surface area contributed by atoms with Crippen molar-refractivity contribution >= 4 is 87.1 Å². The Morgan fingerprint density at radius 3 is 1.73 bits per heavy atom. The first kappa shape index (κ1) is 32.1. The van der Waals surface area contributed by atoms with E-state index in [1.54, 1.807) is 0 Å². The van der Waals surface area contributed by atoms with Gasteiger partial charge in [0.05, 0.1) is 44.5 Å². The van der Waals surface area contributed by atoms with Crippen LogP contribution in [0.15, 0.2) is 199 Å². The molecular formula is C54H32N4O. The molecule has 0 aliphatic heterocycles. The summed E-state index contributed by atoms with van der Waals surface area (Å²) in [4.78, 5) is 10.8. The van der Waals surface area contributed by atoms with Crippen molar-refractivity contribution in [2.75, 3.05) is 0 Å². The Bertz CT molecular complexity index is 3800. The normalized spacial score (nSPS) is 12.1. The van der Waals surface area contributed by atoms with E-state index in [1.807, 2.05) is 12.1 Å². The van der Waals surface area contributed by atoms with E-state index in [-0.39, 0.29) is 0 Å². The predicted molar refractivity (Wildman–Crippen MR) is 244 cm³/mol. The lowest BCUT2D eigenvalue weighted by atomic mass is 10.0. The summed E-state index contributed by atoms with van der Waals surface area (Å²) >= 11 is 0. The Balaban J connectivity index is 1.18. The van der Waals surface area contributed by atoms with Crippen molar-refractivity contribution in [2.45, 2.75) is 0 Å². The Kier molecular flexibility index (Phi) is 6.66. The maximum Gasteiger partial charge on any atom is 0.235 e. The molecule has 0 atom stereocenters. The highest BCUT2D eigenvalue weighted by molar-refractivity contribution is 6.22. The standard InChI is InChI=1S/C54H32N4O/c1-2-15-34(16-3-1)44-32-45(56-54(55-44)58-46-23-11-8-20-39(46)40-21-9-12-24-47(40)58)37-30-49(52-42-22-10-13-25-50(42)59-51(52)31-37)57-48-29-36-18-5-4-17-35(36)28-43(48)41-27-26-33-14-6-7-19-38(33)53(41)57/h1-32H. The number of hydrogen-bond donors (Lipinski definition) is 0. The number of para-hydroxylation sites is 3. The Hall–Kier alpha value is -8.02. The molecule has 0 bridgehead atoms. The summed E-state index contributed by atoms with van der Waals surface area (Å²) in [7, 11) is 0. The molecule has 0 N–H and O–H groups in total. The third-order valence-electron chi connectivity index (χ3n) is 12.1. The first-order chi connectivity index (χ1) is 29.2. The zero-order valence-electron chi connectivity index (χ0n) is 31.7. The highest BCUT2D eigenvalue weighted by atomic mass is 16.3. The minimum absolute atomic E-state index is 0.610. The van der Waals surface area contributed by atoms with Gasteiger partial charge >= 0.3 is 0 Å². The highest BCUT2D eigenvalue weighted by Crippen LogP contribution is 2.44. The number of benzene rings is 9. The first-order valence-electron chi connectivity index (χ1n) is 20.0. The lowest BCUT2D eigenvalue weighted by Crippen LogP contribution is -2.04. The van der Waals surface area contributed by atoms with Gasteiger partial charge in [-0.3, -0.25) is 4.57 Å². The van der Waals surface area contributed by atoms with Gasteiger partial charge in [-0.1, -0.05) is 146 Å². The molecule has 0 radical (unpaired) electrons. The fraction of sp³-hybridized carbons (Fsp3) is 0. The van der Waals surface area contributed by atoms with Crippen LogP contribution in [-0.4, -0.2) is 19.1 Å².